The minimum absolute atomic E-state index is 0.0186. The Kier molecular flexibility index (Phi) is 7.26. The van der Waals surface area contributed by atoms with Crippen LogP contribution in [-0.4, -0.2) is 38.5 Å². The number of fused-ring (bicyclic) bond motifs is 2. The third-order valence-electron chi connectivity index (χ3n) is 6.37. The van der Waals surface area contributed by atoms with Crippen LogP contribution in [0.1, 0.15) is 29.0 Å². The van der Waals surface area contributed by atoms with Crippen LogP contribution in [0.2, 0.25) is 0 Å². The van der Waals surface area contributed by atoms with Gasteiger partial charge in [-0.1, -0.05) is 47.7 Å². The van der Waals surface area contributed by atoms with Gasteiger partial charge in [-0.15, -0.1) is 5.10 Å². The zero-order valence-electron chi connectivity index (χ0n) is 20.4. The number of ether oxygens (including phenoxy) is 1. The summed E-state index contributed by atoms with van der Waals surface area (Å²) in [5.41, 5.74) is 1.76. The molecule has 9 nitrogen and oxygen atoms in total. The highest BCUT2D eigenvalue weighted by Gasteiger charge is 2.24. The van der Waals surface area contributed by atoms with E-state index in [4.69, 9.17) is 9.15 Å². The van der Waals surface area contributed by atoms with Crippen LogP contribution >= 0.6 is 0 Å². The Morgan fingerprint density at radius 1 is 1.00 bits per heavy atom. The van der Waals surface area contributed by atoms with E-state index in [0.29, 0.717) is 34.2 Å². The standard InChI is InChI=1S/C29H25N3O6/c33-25(16-21(29(35)36)12-14-32-28(34)23-8-4-5-9-24(23)30-31-32)27-17-20-10-11-22(18-26(20)38-27)37-15-13-19-6-2-1-3-7-19/h1-11,17-18,21H,12-16H2,(H,35,36). The second-order valence-electron chi connectivity index (χ2n) is 8.98. The highest BCUT2D eigenvalue weighted by molar-refractivity contribution is 5.99. The number of carbonyl (C=O) groups is 2. The van der Waals surface area contributed by atoms with Crippen LogP contribution in [0, 0.1) is 5.92 Å². The van der Waals surface area contributed by atoms with Gasteiger partial charge in [-0.3, -0.25) is 14.4 Å². The topological polar surface area (TPSA) is 125 Å². The van der Waals surface area contributed by atoms with Crippen molar-refractivity contribution in [2.24, 2.45) is 5.92 Å². The summed E-state index contributed by atoms with van der Waals surface area (Å²) in [4.78, 5) is 37.4. The molecule has 0 aliphatic carbocycles. The van der Waals surface area contributed by atoms with E-state index in [2.05, 4.69) is 10.3 Å². The molecule has 9 heteroatoms. The van der Waals surface area contributed by atoms with Crippen molar-refractivity contribution in [1.29, 1.82) is 0 Å². The predicted molar refractivity (Wildman–Crippen MR) is 140 cm³/mol. The molecular formula is C29H25N3O6. The number of carbonyl (C=O) groups excluding carboxylic acids is 1. The van der Waals surface area contributed by atoms with Crippen LogP contribution in [-0.2, 0) is 17.8 Å². The van der Waals surface area contributed by atoms with Gasteiger partial charge in [0.1, 0.15) is 16.8 Å². The summed E-state index contributed by atoms with van der Waals surface area (Å²) < 4.78 is 12.7. The molecule has 0 radical (unpaired) electrons. The monoisotopic (exact) mass is 511 g/mol. The molecule has 0 aliphatic heterocycles. The van der Waals surface area contributed by atoms with Gasteiger partial charge in [-0.25, -0.2) is 4.68 Å². The first-order chi connectivity index (χ1) is 18.5. The molecule has 1 atom stereocenters. The SMILES string of the molecule is O=C(CC(CCn1nnc2ccccc2c1=O)C(=O)O)c1cc2ccc(OCCc3ccccc3)cc2o1. The largest absolute Gasteiger partial charge is 0.493 e. The fourth-order valence-electron chi connectivity index (χ4n) is 4.26. The number of ketones is 1. The summed E-state index contributed by atoms with van der Waals surface area (Å²) in [5, 5.41) is 18.7. The Bertz CT molecular complexity index is 1660. The number of carboxylic acids is 1. The van der Waals surface area contributed by atoms with Gasteiger partial charge in [-0.2, -0.15) is 0 Å². The van der Waals surface area contributed by atoms with E-state index >= 15 is 0 Å². The van der Waals surface area contributed by atoms with Crippen LogP contribution in [0.15, 0.2) is 88.1 Å². The molecule has 0 amide bonds. The van der Waals surface area contributed by atoms with Crippen molar-refractivity contribution < 1.29 is 23.8 Å². The predicted octanol–water partition coefficient (Wildman–Crippen LogP) is 4.52. The number of Topliss-reactive ketones (excluding diaryl/α,β-unsaturated/α-hetero) is 1. The van der Waals surface area contributed by atoms with E-state index in [1.54, 1.807) is 48.5 Å². The number of aliphatic carboxylic acids is 1. The van der Waals surface area contributed by atoms with Gasteiger partial charge in [0.2, 0.25) is 0 Å². The van der Waals surface area contributed by atoms with Crippen molar-refractivity contribution in [2.75, 3.05) is 6.61 Å². The highest BCUT2D eigenvalue weighted by Crippen LogP contribution is 2.26. The van der Waals surface area contributed by atoms with E-state index < -0.39 is 17.7 Å². The maximum Gasteiger partial charge on any atom is 0.307 e. The van der Waals surface area contributed by atoms with Gasteiger partial charge in [0.15, 0.2) is 11.5 Å². The number of nitrogens with zero attached hydrogens (tertiary/aromatic N) is 3. The Balaban J connectivity index is 1.23. The zero-order valence-corrected chi connectivity index (χ0v) is 20.4. The number of rotatable bonds is 11. The Hall–Kier alpha value is -4.79. The molecule has 1 N–H and O–H groups in total. The molecule has 1 unspecified atom stereocenters. The van der Waals surface area contributed by atoms with Crippen molar-refractivity contribution >= 4 is 33.6 Å². The molecule has 192 valence electrons. The average molecular weight is 512 g/mol. The lowest BCUT2D eigenvalue weighted by Gasteiger charge is -2.11. The van der Waals surface area contributed by atoms with Crippen molar-refractivity contribution in [1.82, 2.24) is 15.0 Å². The van der Waals surface area contributed by atoms with Crippen molar-refractivity contribution in [3.05, 3.63) is 101 Å². The van der Waals surface area contributed by atoms with Gasteiger partial charge < -0.3 is 14.3 Å². The second-order valence-corrected chi connectivity index (χ2v) is 8.98. The third-order valence-corrected chi connectivity index (χ3v) is 6.37. The molecule has 5 rings (SSSR count). The molecule has 0 aliphatic rings. The quantitative estimate of drug-likeness (QED) is 0.257. The third kappa shape index (κ3) is 5.62. The summed E-state index contributed by atoms with van der Waals surface area (Å²) in [6.07, 6.45) is 0.521. The molecule has 0 saturated heterocycles. The van der Waals surface area contributed by atoms with Crippen LogP contribution in [0.4, 0.5) is 0 Å². The molecule has 0 spiro atoms. The number of hydrogen-bond donors (Lipinski definition) is 1. The minimum atomic E-state index is -1.13. The van der Waals surface area contributed by atoms with Crippen molar-refractivity contribution in [2.45, 2.75) is 25.8 Å². The highest BCUT2D eigenvalue weighted by atomic mass is 16.5. The number of aromatic nitrogens is 3. The minimum Gasteiger partial charge on any atom is -0.493 e. The first-order valence-corrected chi connectivity index (χ1v) is 12.3. The van der Waals surface area contributed by atoms with Gasteiger partial charge in [-0.05, 0) is 42.3 Å². The van der Waals surface area contributed by atoms with Crippen LogP contribution < -0.4 is 10.3 Å². The molecule has 2 aromatic heterocycles. The first-order valence-electron chi connectivity index (χ1n) is 12.3. The first kappa shape index (κ1) is 24.9. The number of hydrogen-bond acceptors (Lipinski definition) is 7. The second kappa shape index (κ2) is 11.1. The molecule has 2 heterocycles. The summed E-state index contributed by atoms with van der Waals surface area (Å²) >= 11 is 0. The Morgan fingerprint density at radius 2 is 1.79 bits per heavy atom. The van der Waals surface area contributed by atoms with Crippen molar-refractivity contribution in [3.63, 3.8) is 0 Å². The van der Waals surface area contributed by atoms with Gasteiger partial charge in [0.05, 0.1) is 17.9 Å². The molecule has 38 heavy (non-hydrogen) atoms. The summed E-state index contributed by atoms with van der Waals surface area (Å²) in [6, 6.07) is 23.7. The molecule has 0 fully saturated rings. The lowest BCUT2D eigenvalue weighted by molar-refractivity contribution is -0.142. The van der Waals surface area contributed by atoms with E-state index in [0.717, 1.165) is 11.1 Å². The number of aryl methyl sites for hydroxylation is 1. The summed E-state index contributed by atoms with van der Waals surface area (Å²) in [7, 11) is 0. The van der Waals surface area contributed by atoms with Gasteiger partial charge in [0.25, 0.3) is 5.56 Å². The van der Waals surface area contributed by atoms with E-state index in [-0.39, 0.29) is 30.7 Å². The fourth-order valence-corrected chi connectivity index (χ4v) is 4.26. The number of carboxylic acid groups (broad SMARTS) is 1. The molecule has 5 aromatic rings. The van der Waals surface area contributed by atoms with E-state index in [1.807, 2.05) is 30.3 Å². The fraction of sp³-hybridized carbons (Fsp3) is 0.207. The normalized spacial score (nSPS) is 12.0. The van der Waals surface area contributed by atoms with Crippen molar-refractivity contribution in [3.8, 4) is 5.75 Å². The van der Waals surface area contributed by atoms with Crippen LogP contribution in [0.3, 0.4) is 0 Å². The molecule has 0 bridgehead atoms. The Labute approximate surface area is 217 Å². The Morgan fingerprint density at radius 3 is 2.61 bits per heavy atom. The van der Waals surface area contributed by atoms with E-state index in [1.165, 1.54) is 5.56 Å². The van der Waals surface area contributed by atoms with Crippen LogP contribution in [0.25, 0.3) is 21.9 Å². The smallest absolute Gasteiger partial charge is 0.307 e. The number of benzene rings is 3. The average Bonchev–Trinajstić information content (AvgIpc) is 3.36. The summed E-state index contributed by atoms with van der Waals surface area (Å²) in [6.45, 7) is 0.512. The van der Waals surface area contributed by atoms with E-state index in [9.17, 15) is 19.5 Å². The maximum atomic E-state index is 12.9. The van der Waals surface area contributed by atoms with Crippen LogP contribution in [0.5, 0.6) is 5.75 Å². The summed E-state index contributed by atoms with van der Waals surface area (Å²) in [5.74, 6) is -1.89. The zero-order chi connectivity index (χ0) is 26.5. The maximum absolute atomic E-state index is 12.9. The van der Waals surface area contributed by atoms with Gasteiger partial charge in [0, 0.05) is 30.8 Å². The lowest BCUT2D eigenvalue weighted by atomic mass is 9.98. The molecular weight excluding hydrogens is 486 g/mol. The molecule has 3 aromatic carbocycles. The van der Waals surface area contributed by atoms with Gasteiger partial charge >= 0.3 is 5.97 Å². The lowest BCUT2D eigenvalue weighted by Crippen LogP contribution is -2.27. The molecule has 0 saturated carbocycles. The number of furan rings is 1.